The lowest BCUT2D eigenvalue weighted by atomic mass is 9.93. The highest BCUT2D eigenvalue weighted by Gasteiger charge is 2.38. The van der Waals surface area contributed by atoms with Crippen LogP contribution in [0.5, 0.6) is 11.5 Å². The molecule has 0 heterocycles. The first kappa shape index (κ1) is 27.6. The summed E-state index contributed by atoms with van der Waals surface area (Å²) >= 11 is 0. The van der Waals surface area contributed by atoms with Crippen LogP contribution < -0.4 is 9.47 Å². The summed E-state index contributed by atoms with van der Waals surface area (Å²) in [5.41, 5.74) is 3.43. The standard InChI is InChI=1S/C34H34O6/c1-35-31-27-14-10-9-11-24(27)17-19-28(31)33(37-3)40-22-23-15-16-25-18-20-30(32(36-2)29(25)21-23)34(38-4,39-5)26-12-7-6-8-13-26/h6-21,33H,22H2,1-5H3. The molecule has 0 saturated heterocycles. The van der Waals surface area contributed by atoms with E-state index in [-0.39, 0.29) is 0 Å². The van der Waals surface area contributed by atoms with E-state index in [0.717, 1.165) is 49.5 Å². The van der Waals surface area contributed by atoms with Gasteiger partial charge in [0.25, 0.3) is 0 Å². The van der Waals surface area contributed by atoms with Crippen LogP contribution in [0.25, 0.3) is 21.5 Å². The largest absolute Gasteiger partial charge is 0.496 e. The zero-order chi connectivity index (χ0) is 28.1. The number of hydrogen-bond acceptors (Lipinski definition) is 6. The van der Waals surface area contributed by atoms with Crippen molar-refractivity contribution in [2.75, 3.05) is 35.5 Å². The molecule has 1 unspecified atom stereocenters. The Hall–Kier alpha value is -3.94. The van der Waals surface area contributed by atoms with E-state index in [4.69, 9.17) is 28.4 Å². The van der Waals surface area contributed by atoms with E-state index in [1.807, 2.05) is 72.8 Å². The minimum Gasteiger partial charge on any atom is -0.496 e. The Morgan fingerprint density at radius 1 is 0.625 bits per heavy atom. The molecule has 0 spiro atoms. The summed E-state index contributed by atoms with van der Waals surface area (Å²) in [7, 11) is 8.23. The van der Waals surface area contributed by atoms with E-state index >= 15 is 0 Å². The quantitative estimate of drug-likeness (QED) is 0.164. The number of hydrogen-bond donors (Lipinski definition) is 0. The smallest absolute Gasteiger partial charge is 0.225 e. The van der Waals surface area contributed by atoms with Crippen molar-refractivity contribution in [3.8, 4) is 11.5 Å². The van der Waals surface area contributed by atoms with Crippen LogP contribution in [0.2, 0.25) is 0 Å². The third kappa shape index (κ3) is 4.91. The van der Waals surface area contributed by atoms with Crippen LogP contribution in [-0.4, -0.2) is 35.5 Å². The van der Waals surface area contributed by atoms with Crippen molar-refractivity contribution in [3.05, 3.63) is 119 Å². The van der Waals surface area contributed by atoms with Gasteiger partial charge in [-0.15, -0.1) is 0 Å². The maximum absolute atomic E-state index is 6.29. The minimum absolute atomic E-state index is 0.316. The molecule has 6 nitrogen and oxygen atoms in total. The Balaban J connectivity index is 1.50. The molecule has 5 aromatic carbocycles. The number of methoxy groups -OCH3 is 5. The monoisotopic (exact) mass is 538 g/mol. The lowest BCUT2D eigenvalue weighted by Gasteiger charge is -2.33. The lowest BCUT2D eigenvalue weighted by molar-refractivity contribution is -0.184. The van der Waals surface area contributed by atoms with Gasteiger partial charge in [-0.3, -0.25) is 0 Å². The molecule has 0 fully saturated rings. The van der Waals surface area contributed by atoms with E-state index in [2.05, 4.69) is 24.3 Å². The van der Waals surface area contributed by atoms with Crippen LogP contribution >= 0.6 is 0 Å². The van der Waals surface area contributed by atoms with Gasteiger partial charge in [0.1, 0.15) is 11.5 Å². The van der Waals surface area contributed by atoms with Crippen LogP contribution in [0, 0.1) is 0 Å². The van der Waals surface area contributed by atoms with E-state index in [0.29, 0.717) is 12.4 Å². The van der Waals surface area contributed by atoms with Gasteiger partial charge in [0.15, 0.2) is 6.29 Å². The second kappa shape index (κ2) is 12.1. The Morgan fingerprint density at radius 3 is 1.98 bits per heavy atom. The van der Waals surface area contributed by atoms with Crippen LogP contribution in [0.3, 0.4) is 0 Å². The van der Waals surface area contributed by atoms with Gasteiger partial charge in [-0.1, -0.05) is 78.9 Å². The molecule has 206 valence electrons. The second-order valence-corrected chi connectivity index (χ2v) is 9.38. The molecular formula is C34H34O6. The lowest BCUT2D eigenvalue weighted by Crippen LogP contribution is -2.32. The van der Waals surface area contributed by atoms with Crippen LogP contribution in [0.15, 0.2) is 97.1 Å². The van der Waals surface area contributed by atoms with Crippen molar-refractivity contribution >= 4 is 21.5 Å². The predicted molar refractivity (Wildman–Crippen MR) is 157 cm³/mol. The highest BCUT2D eigenvalue weighted by Crippen LogP contribution is 2.43. The Labute approximate surface area is 235 Å². The Morgan fingerprint density at radius 2 is 1.27 bits per heavy atom. The number of benzene rings is 5. The zero-order valence-corrected chi connectivity index (χ0v) is 23.5. The first-order chi connectivity index (χ1) is 19.6. The summed E-state index contributed by atoms with van der Waals surface area (Å²) in [4.78, 5) is 0. The molecule has 6 heteroatoms. The molecule has 0 N–H and O–H groups in total. The molecule has 0 amide bonds. The maximum Gasteiger partial charge on any atom is 0.225 e. The molecule has 0 aliphatic heterocycles. The van der Waals surface area contributed by atoms with Gasteiger partial charge in [0.2, 0.25) is 5.79 Å². The minimum atomic E-state index is -1.14. The second-order valence-electron chi connectivity index (χ2n) is 9.38. The van der Waals surface area contributed by atoms with Crippen LogP contribution in [-0.2, 0) is 31.3 Å². The highest BCUT2D eigenvalue weighted by molar-refractivity contribution is 5.91. The van der Waals surface area contributed by atoms with Crippen molar-refractivity contribution in [2.24, 2.45) is 0 Å². The van der Waals surface area contributed by atoms with E-state index in [1.54, 1.807) is 35.5 Å². The van der Waals surface area contributed by atoms with Crippen LogP contribution in [0.4, 0.5) is 0 Å². The van der Waals surface area contributed by atoms with Gasteiger partial charge < -0.3 is 28.4 Å². The van der Waals surface area contributed by atoms with Gasteiger partial charge >= 0.3 is 0 Å². The summed E-state index contributed by atoms with van der Waals surface area (Å²) < 4.78 is 35.9. The molecular weight excluding hydrogens is 504 g/mol. The summed E-state index contributed by atoms with van der Waals surface area (Å²) in [6, 6.07) is 32.2. The van der Waals surface area contributed by atoms with E-state index in [9.17, 15) is 0 Å². The van der Waals surface area contributed by atoms with E-state index in [1.165, 1.54) is 0 Å². The summed E-state index contributed by atoms with van der Waals surface area (Å²) in [5.74, 6) is 0.277. The first-order valence-corrected chi connectivity index (χ1v) is 13.1. The molecule has 5 rings (SSSR count). The number of rotatable bonds is 11. The van der Waals surface area contributed by atoms with Crippen molar-refractivity contribution in [1.29, 1.82) is 0 Å². The molecule has 0 saturated carbocycles. The Kier molecular flexibility index (Phi) is 8.33. The van der Waals surface area contributed by atoms with Gasteiger partial charge in [-0.25, -0.2) is 0 Å². The molecule has 40 heavy (non-hydrogen) atoms. The molecule has 0 radical (unpaired) electrons. The Bertz CT molecular complexity index is 1590. The third-order valence-electron chi connectivity index (χ3n) is 7.31. The fourth-order valence-corrected chi connectivity index (χ4v) is 5.39. The molecule has 1 atom stereocenters. The van der Waals surface area contributed by atoms with Gasteiger partial charge in [-0.2, -0.15) is 0 Å². The van der Waals surface area contributed by atoms with Gasteiger partial charge in [-0.05, 0) is 34.5 Å². The van der Waals surface area contributed by atoms with Crippen molar-refractivity contribution in [1.82, 2.24) is 0 Å². The van der Waals surface area contributed by atoms with E-state index < -0.39 is 12.1 Å². The van der Waals surface area contributed by atoms with Gasteiger partial charge in [0.05, 0.1) is 32.0 Å². The molecule has 5 aromatic rings. The zero-order valence-electron chi connectivity index (χ0n) is 23.5. The average molecular weight is 539 g/mol. The average Bonchev–Trinajstić information content (AvgIpc) is 3.02. The number of ether oxygens (including phenoxy) is 6. The highest BCUT2D eigenvalue weighted by atomic mass is 16.7. The van der Waals surface area contributed by atoms with Crippen molar-refractivity contribution in [2.45, 2.75) is 18.7 Å². The normalized spacial score (nSPS) is 12.5. The fraction of sp³-hybridized carbons (Fsp3) is 0.235. The van der Waals surface area contributed by atoms with Crippen LogP contribution in [0.1, 0.15) is 28.5 Å². The topological polar surface area (TPSA) is 55.4 Å². The maximum atomic E-state index is 6.29. The fourth-order valence-electron chi connectivity index (χ4n) is 5.39. The van der Waals surface area contributed by atoms with Gasteiger partial charge in [0, 0.05) is 37.7 Å². The summed E-state index contributed by atoms with van der Waals surface area (Å²) in [5, 5.41) is 4.05. The third-order valence-corrected chi connectivity index (χ3v) is 7.31. The molecule has 0 aromatic heterocycles. The van der Waals surface area contributed by atoms with Crippen molar-refractivity contribution in [3.63, 3.8) is 0 Å². The van der Waals surface area contributed by atoms with Crippen molar-refractivity contribution < 1.29 is 28.4 Å². The predicted octanol–water partition coefficient (Wildman–Crippen LogP) is 7.37. The molecule has 0 aliphatic rings. The first-order valence-electron chi connectivity index (χ1n) is 13.1. The molecule has 0 bridgehead atoms. The number of fused-ring (bicyclic) bond motifs is 2. The summed E-state index contributed by atoms with van der Waals surface area (Å²) in [6.45, 7) is 0.316. The molecule has 0 aliphatic carbocycles. The summed E-state index contributed by atoms with van der Waals surface area (Å²) in [6.07, 6.45) is -0.615. The SMILES string of the molecule is COc1c(C(OC)OCc2ccc3ccc(C(OC)(OC)c4ccccc4)c(OC)c3c2)ccc2ccccc12.